The third-order valence-electron chi connectivity index (χ3n) is 4.68. The van der Waals surface area contributed by atoms with Crippen LogP contribution in [-0.4, -0.2) is 12.5 Å². The molecule has 1 amide bonds. The van der Waals surface area contributed by atoms with Gasteiger partial charge in [0.15, 0.2) is 0 Å². The Hall–Kier alpha value is -1.02. The van der Waals surface area contributed by atoms with Gasteiger partial charge in [-0.15, -0.1) is 0 Å². The molecule has 1 N–H and O–H groups in total. The molecule has 1 aromatic rings. The molecule has 3 atom stereocenters. The minimum Gasteiger partial charge on any atom is -0.356 e. The molecule has 2 nitrogen and oxygen atoms in total. The summed E-state index contributed by atoms with van der Waals surface area (Å²) >= 11 is 5.95. The highest BCUT2D eigenvalue weighted by atomic mass is 35.5. The van der Waals surface area contributed by atoms with Crippen molar-refractivity contribution in [1.82, 2.24) is 5.32 Å². The second kappa shape index (κ2) is 5.54. The first-order chi connectivity index (χ1) is 9.22. The molecule has 0 aromatic heterocycles. The van der Waals surface area contributed by atoms with Crippen LogP contribution in [0.25, 0.3) is 0 Å². The molecule has 0 heterocycles. The van der Waals surface area contributed by atoms with Crippen molar-refractivity contribution < 1.29 is 4.79 Å². The summed E-state index contributed by atoms with van der Waals surface area (Å²) in [5.74, 6) is 2.05. The van der Waals surface area contributed by atoms with Crippen LogP contribution in [0.5, 0.6) is 0 Å². The minimum absolute atomic E-state index is 0.272. The smallest absolute Gasteiger partial charge is 0.223 e. The number of hydrogen-bond acceptors (Lipinski definition) is 1. The van der Waals surface area contributed by atoms with Crippen LogP contribution < -0.4 is 5.32 Å². The van der Waals surface area contributed by atoms with E-state index in [4.69, 9.17) is 11.6 Å². The van der Waals surface area contributed by atoms with Gasteiger partial charge >= 0.3 is 0 Å². The molecule has 3 heteroatoms. The highest BCUT2D eigenvalue weighted by molar-refractivity contribution is 6.30. The van der Waals surface area contributed by atoms with Crippen LogP contribution in [0, 0.1) is 17.8 Å². The molecular weight excluding hydrogens is 258 g/mol. The van der Waals surface area contributed by atoms with Crippen molar-refractivity contribution in [2.45, 2.75) is 32.1 Å². The van der Waals surface area contributed by atoms with E-state index in [1.807, 2.05) is 18.2 Å². The van der Waals surface area contributed by atoms with Crippen molar-refractivity contribution in [2.24, 2.45) is 17.8 Å². The van der Waals surface area contributed by atoms with Crippen LogP contribution in [-0.2, 0) is 11.2 Å². The molecule has 0 saturated heterocycles. The first-order valence-electron chi connectivity index (χ1n) is 7.24. The van der Waals surface area contributed by atoms with E-state index in [0.29, 0.717) is 12.5 Å². The Labute approximate surface area is 119 Å². The number of hydrogen-bond donors (Lipinski definition) is 1. The number of carbonyl (C=O) groups is 1. The Kier molecular flexibility index (Phi) is 3.79. The predicted octanol–water partition coefficient (Wildman–Crippen LogP) is 3.43. The van der Waals surface area contributed by atoms with Gasteiger partial charge in [0.25, 0.3) is 0 Å². The average molecular weight is 278 g/mol. The monoisotopic (exact) mass is 277 g/mol. The molecule has 2 saturated carbocycles. The van der Waals surface area contributed by atoms with E-state index in [1.165, 1.54) is 24.8 Å². The molecule has 0 unspecified atom stereocenters. The summed E-state index contributed by atoms with van der Waals surface area (Å²) in [4.78, 5) is 12.2. The number of benzene rings is 1. The quantitative estimate of drug-likeness (QED) is 0.897. The van der Waals surface area contributed by atoms with Gasteiger partial charge < -0.3 is 5.32 Å². The lowest BCUT2D eigenvalue weighted by Gasteiger charge is -2.20. The first kappa shape index (κ1) is 13.0. The number of amides is 1. The zero-order valence-electron chi connectivity index (χ0n) is 11.1. The lowest BCUT2D eigenvalue weighted by molar-refractivity contribution is -0.126. The van der Waals surface area contributed by atoms with E-state index in [2.05, 4.69) is 11.4 Å². The van der Waals surface area contributed by atoms with Crippen LogP contribution in [0.2, 0.25) is 5.02 Å². The van der Waals surface area contributed by atoms with E-state index in [9.17, 15) is 4.79 Å². The Morgan fingerprint density at radius 2 is 2.21 bits per heavy atom. The Morgan fingerprint density at radius 1 is 1.32 bits per heavy atom. The average Bonchev–Trinajstić information content (AvgIpc) is 3.01. The second-order valence-electron chi connectivity index (χ2n) is 5.95. The summed E-state index contributed by atoms with van der Waals surface area (Å²) in [5, 5.41) is 3.86. The van der Waals surface area contributed by atoms with Crippen molar-refractivity contribution in [3.8, 4) is 0 Å². The predicted molar refractivity (Wildman–Crippen MR) is 77.1 cm³/mol. The van der Waals surface area contributed by atoms with Crippen molar-refractivity contribution in [1.29, 1.82) is 0 Å². The molecule has 0 radical (unpaired) electrons. The minimum atomic E-state index is 0.272. The lowest BCUT2D eigenvalue weighted by Crippen LogP contribution is -2.34. The first-order valence-corrected chi connectivity index (χ1v) is 7.62. The molecule has 2 bridgehead atoms. The maximum atomic E-state index is 12.2. The molecule has 102 valence electrons. The molecular formula is C16H20ClNO. The number of fused-ring (bicyclic) bond motifs is 2. The van der Waals surface area contributed by atoms with Gasteiger partial charge in [0, 0.05) is 17.5 Å². The highest BCUT2D eigenvalue weighted by Crippen LogP contribution is 2.48. The van der Waals surface area contributed by atoms with Gasteiger partial charge in [0.2, 0.25) is 5.91 Å². The molecule has 0 aliphatic heterocycles. The maximum absolute atomic E-state index is 12.2. The second-order valence-corrected chi connectivity index (χ2v) is 6.39. The molecule has 2 aliphatic carbocycles. The summed E-state index contributed by atoms with van der Waals surface area (Å²) < 4.78 is 0. The number of carbonyl (C=O) groups excluding carboxylic acids is 1. The molecule has 2 fully saturated rings. The van der Waals surface area contributed by atoms with Crippen molar-refractivity contribution >= 4 is 17.5 Å². The normalized spacial score (nSPS) is 28.6. The number of nitrogens with one attached hydrogen (secondary N) is 1. The summed E-state index contributed by atoms with van der Waals surface area (Å²) in [6.45, 7) is 0.715. The largest absolute Gasteiger partial charge is 0.356 e. The number of halogens is 1. The van der Waals surface area contributed by atoms with Crippen molar-refractivity contribution in [3.63, 3.8) is 0 Å². The fourth-order valence-electron chi connectivity index (χ4n) is 3.72. The lowest BCUT2D eigenvalue weighted by atomic mass is 9.88. The van der Waals surface area contributed by atoms with E-state index >= 15 is 0 Å². The van der Waals surface area contributed by atoms with Crippen molar-refractivity contribution in [3.05, 3.63) is 34.9 Å². The summed E-state index contributed by atoms with van der Waals surface area (Å²) in [5.41, 5.74) is 1.18. The van der Waals surface area contributed by atoms with E-state index in [1.54, 1.807) is 0 Å². The fraction of sp³-hybridized carbons (Fsp3) is 0.562. The van der Waals surface area contributed by atoms with Crippen LogP contribution in [0.1, 0.15) is 31.2 Å². The highest BCUT2D eigenvalue weighted by Gasteiger charge is 2.42. The SMILES string of the molecule is O=C(NCCc1cccc(Cl)c1)[C@@H]1C[C@H]2CC[C@H]1C2. The van der Waals surface area contributed by atoms with E-state index < -0.39 is 0 Å². The third kappa shape index (κ3) is 2.94. The van der Waals surface area contributed by atoms with Gasteiger partial charge in [-0.05, 0) is 55.2 Å². The zero-order chi connectivity index (χ0) is 13.2. The van der Waals surface area contributed by atoms with E-state index in [-0.39, 0.29) is 11.8 Å². The van der Waals surface area contributed by atoms with Gasteiger partial charge in [0.05, 0.1) is 0 Å². The summed E-state index contributed by atoms with van der Waals surface area (Å²) in [7, 11) is 0. The maximum Gasteiger partial charge on any atom is 0.223 e. The molecule has 0 spiro atoms. The Balaban J connectivity index is 1.46. The Morgan fingerprint density at radius 3 is 2.89 bits per heavy atom. The Bertz CT molecular complexity index is 474. The molecule has 1 aromatic carbocycles. The topological polar surface area (TPSA) is 29.1 Å². The van der Waals surface area contributed by atoms with Gasteiger partial charge in [-0.1, -0.05) is 30.2 Å². The molecule has 19 heavy (non-hydrogen) atoms. The van der Waals surface area contributed by atoms with Crippen LogP contribution >= 0.6 is 11.6 Å². The standard InChI is InChI=1S/C16H20ClNO/c17-14-3-1-2-11(9-14)6-7-18-16(19)15-10-12-4-5-13(15)8-12/h1-3,9,12-13,15H,4-8,10H2,(H,18,19)/t12-,13-,15+/m0/s1. The van der Waals surface area contributed by atoms with Gasteiger partial charge in [-0.25, -0.2) is 0 Å². The van der Waals surface area contributed by atoms with Crippen LogP contribution in [0.3, 0.4) is 0 Å². The summed E-state index contributed by atoms with van der Waals surface area (Å²) in [6.07, 6.45) is 5.86. The van der Waals surface area contributed by atoms with Gasteiger partial charge in [0.1, 0.15) is 0 Å². The van der Waals surface area contributed by atoms with Crippen molar-refractivity contribution in [2.75, 3.05) is 6.54 Å². The van der Waals surface area contributed by atoms with Gasteiger partial charge in [-0.3, -0.25) is 4.79 Å². The fourth-order valence-corrected chi connectivity index (χ4v) is 3.93. The zero-order valence-corrected chi connectivity index (χ0v) is 11.8. The van der Waals surface area contributed by atoms with E-state index in [0.717, 1.165) is 23.8 Å². The third-order valence-corrected chi connectivity index (χ3v) is 4.91. The number of rotatable bonds is 4. The summed E-state index contributed by atoms with van der Waals surface area (Å²) in [6, 6.07) is 7.84. The van der Waals surface area contributed by atoms with Crippen LogP contribution in [0.4, 0.5) is 0 Å². The molecule has 2 aliphatic rings. The van der Waals surface area contributed by atoms with Crippen LogP contribution in [0.15, 0.2) is 24.3 Å². The molecule has 3 rings (SSSR count). The van der Waals surface area contributed by atoms with Gasteiger partial charge in [-0.2, -0.15) is 0 Å².